The molecule has 0 unspecified atom stereocenters. The molecule has 0 bridgehead atoms. The van der Waals surface area contributed by atoms with E-state index in [0.717, 1.165) is 33.4 Å². The second kappa shape index (κ2) is 5.92. The summed E-state index contributed by atoms with van der Waals surface area (Å²) in [6, 6.07) is 9.65. The van der Waals surface area contributed by atoms with Crippen LogP contribution in [-0.2, 0) is 9.53 Å². The predicted molar refractivity (Wildman–Crippen MR) is 101 cm³/mol. The Morgan fingerprint density at radius 1 is 1.00 bits per heavy atom. The van der Waals surface area contributed by atoms with Gasteiger partial charge < -0.3 is 9.84 Å². The van der Waals surface area contributed by atoms with E-state index in [1.54, 1.807) is 13.8 Å². The molecule has 130 valence electrons. The normalized spacial score (nSPS) is 16.3. The van der Waals surface area contributed by atoms with Crippen LogP contribution in [0.15, 0.2) is 36.1 Å². The molecule has 0 spiro atoms. The average Bonchev–Trinajstić information content (AvgIpc) is 2.70. The van der Waals surface area contributed by atoms with Gasteiger partial charge in [-0.2, -0.15) is 0 Å². The van der Waals surface area contributed by atoms with Crippen LogP contribution < -0.4 is 0 Å². The highest BCUT2D eigenvalue weighted by Gasteiger charge is 2.42. The second-order valence-corrected chi connectivity index (χ2v) is 7.45. The number of aliphatic hydroxyl groups is 1. The molecule has 0 atom stereocenters. The summed E-state index contributed by atoms with van der Waals surface area (Å²) in [6.45, 7) is 9.33. The largest absolute Gasteiger partial charge is 0.507 e. The number of cyclic esters (lactones) is 1. The fourth-order valence-corrected chi connectivity index (χ4v) is 3.71. The number of esters is 1. The first-order valence-corrected chi connectivity index (χ1v) is 8.55. The summed E-state index contributed by atoms with van der Waals surface area (Å²) in [4.78, 5) is 12.4. The Labute approximate surface area is 152 Å². The number of hydrogen-bond donors (Lipinski definition) is 1. The van der Waals surface area contributed by atoms with Crippen LogP contribution in [0.2, 0.25) is 5.02 Å². The van der Waals surface area contributed by atoms with Gasteiger partial charge in [0.2, 0.25) is 0 Å². The summed E-state index contributed by atoms with van der Waals surface area (Å²) in [5.74, 6) is -0.505. The zero-order valence-electron chi connectivity index (χ0n) is 15.0. The van der Waals surface area contributed by atoms with Crippen LogP contribution in [0.25, 0.3) is 16.7 Å². The molecule has 0 saturated heterocycles. The first kappa shape index (κ1) is 17.6. The van der Waals surface area contributed by atoms with Gasteiger partial charge >= 0.3 is 5.97 Å². The van der Waals surface area contributed by atoms with E-state index in [-0.39, 0.29) is 11.3 Å². The lowest BCUT2D eigenvalue weighted by atomic mass is 9.85. The van der Waals surface area contributed by atoms with Crippen LogP contribution in [0.3, 0.4) is 0 Å². The standard InChI is InChI=1S/C21H21ClO3/c1-11-10-12(2)17(18-19(23)21(4,5)25-20(18)24)13(3)16(11)14-6-8-15(22)9-7-14/h6-10,23H,1-5H3. The molecule has 1 N–H and O–H groups in total. The van der Waals surface area contributed by atoms with Gasteiger partial charge in [0.25, 0.3) is 0 Å². The van der Waals surface area contributed by atoms with Gasteiger partial charge in [0.05, 0.1) is 0 Å². The molecule has 3 nitrogen and oxygen atoms in total. The Morgan fingerprint density at radius 2 is 1.56 bits per heavy atom. The lowest BCUT2D eigenvalue weighted by Gasteiger charge is -2.18. The van der Waals surface area contributed by atoms with Crippen molar-refractivity contribution in [1.82, 2.24) is 0 Å². The lowest BCUT2D eigenvalue weighted by molar-refractivity contribution is -0.143. The van der Waals surface area contributed by atoms with Gasteiger partial charge in [0, 0.05) is 5.02 Å². The van der Waals surface area contributed by atoms with Crippen molar-refractivity contribution in [2.75, 3.05) is 0 Å². The van der Waals surface area contributed by atoms with Gasteiger partial charge in [0.15, 0.2) is 11.4 Å². The summed E-state index contributed by atoms with van der Waals surface area (Å²) in [5, 5.41) is 11.2. The quantitative estimate of drug-likeness (QED) is 0.719. The summed E-state index contributed by atoms with van der Waals surface area (Å²) in [7, 11) is 0. The zero-order chi connectivity index (χ0) is 18.5. The van der Waals surface area contributed by atoms with Crippen molar-refractivity contribution in [3.8, 4) is 11.1 Å². The summed E-state index contributed by atoms with van der Waals surface area (Å²) < 4.78 is 5.35. The molecule has 0 aromatic heterocycles. The van der Waals surface area contributed by atoms with Crippen molar-refractivity contribution >= 4 is 23.1 Å². The number of benzene rings is 2. The summed E-state index contributed by atoms with van der Waals surface area (Å²) in [5.41, 5.74) is 5.03. The van der Waals surface area contributed by atoms with Crippen molar-refractivity contribution in [2.24, 2.45) is 0 Å². The third kappa shape index (κ3) is 2.83. The molecular weight excluding hydrogens is 336 g/mol. The average molecular weight is 357 g/mol. The minimum absolute atomic E-state index is 0.0189. The number of carbonyl (C=O) groups excluding carboxylic acids is 1. The Kier molecular flexibility index (Phi) is 4.16. The maximum absolute atomic E-state index is 12.4. The van der Waals surface area contributed by atoms with E-state index < -0.39 is 11.6 Å². The van der Waals surface area contributed by atoms with Gasteiger partial charge in [-0.3, -0.25) is 0 Å². The monoisotopic (exact) mass is 356 g/mol. The van der Waals surface area contributed by atoms with Gasteiger partial charge in [-0.15, -0.1) is 0 Å². The molecule has 0 amide bonds. The Balaban J connectivity index is 2.30. The number of ether oxygens (including phenoxy) is 1. The van der Waals surface area contributed by atoms with E-state index in [0.29, 0.717) is 5.02 Å². The molecule has 0 aliphatic carbocycles. The third-order valence-corrected chi connectivity index (χ3v) is 4.97. The van der Waals surface area contributed by atoms with Crippen molar-refractivity contribution in [2.45, 2.75) is 40.2 Å². The lowest BCUT2D eigenvalue weighted by Crippen LogP contribution is -2.22. The molecule has 0 saturated carbocycles. The molecule has 1 heterocycles. The number of hydrogen-bond acceptors (Lipinski definition) is 3. The minimum atomic E-state index is -1.00. The number of aliphatic hydroxyl groups excluding tert-OH is 1. The molecule has 4 heteroatoms. The molecule has 0 fully saturated rings. The highest BCUT2D eigenvalue weighted by atomic mass is 35.5. The maximum Gasteiger partial charge on any atom is 0.343 e. The summed E-state index contributed by atoms with van der Waals surface area (Å²) >= 11 is 6.01. The highest BCUT2D eigenvalue weighted by Crippen LogP contribution is 2.41. The van der Waals surface area contributed by atoms with Crippen LogP contribution in [0.5, 0.6) is 0 Å². The fourth-order valence-electron chi connectivity index (χ4n) is 3.58. The number of halogens is 1. The molecule has 25 heavy (non-hydrogen) atoms. The van der Waals surface area contributed by atoms with Gasteiger partial charge in [-0.05, 0) is 80.1 Å². The Bertz CT molecular complexity index is 906. The van der Waals surface area contributed by atoms with Crippen molar-refractivity contribution in [1.29, 1.82) is 0 Å². The van der Waals surface area contributed by atoms with Crippen LogP contribution in [0.4, 0.5) is 0 Å². The first-order valence-electron chi connectivity index (χ1n) is 8.17. The van der Waals surface area contributed by atoms with Crippen molar-refractivity contribution < 1.29 is 14.6 Å². The molecule has 2 aromatic carbocycles. The molecular formula is C21H21ClO3. The number of rotatable bonds is 2. The predicted octanol–water partition coefficient (Wildman–Crippen LogP) is 5.54. The smallest absolute Gasteiger partial charge is 0.343 e. The van der Waals surface area contributed by atoms with Crippen LogP contribution in [0, 0.1) is 20.8 Å². The molecule has 3 rings (SSSR count). The van der Waals surface area contributed by atoms with Crippen molar-refractivity contribution in [3.63, 3.8) is 0 Å². The van der Waals surface area contributed by atoms with E-state index in [4.69, 9.17) is 16.3 Å². The Morgan fingerprint density at radius 3 is 2.08 bits per heavy atom. The van der Waals surface area contributed by atoms with Gasteiger partial charge in [-0.1, -0.05) is 29.8 Å². The van der Waals surface area contributed by atoms with E-state index in [9.17, 15) is 9.90 Å². The highest BCUT2D eigenvalue weighted by molar-refractivity contribution is 6.30. The summed E-state index contributed by atoms with van der Waals surface area (Å²) in [6.07, 6.45) is 0. The Hall–Kier alpha value is -2.26. The van der Waals surface area contributed by atoms with E-state index in [1.807, 2.05) is 51.1 Å². The van der Waals surface area contributed by atoms with Crippen LogP contribution >= 0.6 is 11.6 Å². The zero-order valence-corrected chi connectivity index (χ0v) is 15.8. The fraction of sp³-hybridized carbons (Fsp3) is 0.286. The van der Waals surface area contributed by atoms with Crippen LogP contribution in [-0.4, -0.2) is 16.7 Å². The first-order chi connectivity index (χ1) is 11.6. The number of aryl methyl sites for hydroxylation is 2. The molecule has 0 radical (unpaired) electrons. The third-order valence-electron chi connectivity index (χ3n) is 4.71. The van der Waals surface area contributed by atoms with Crippen LogP contribution in [0.1, 0.15) is 36.1 Å². The SMILES string of the molecule is Cc1cc(C)c(-c2ccc(Cl)cc2)c(C)c1C1=C(O)C(C)(C)OC1=O. The molecule has 1 aliphatic rings. The van der Waals surface area contributed by atoms with Gasteiger partial charge in [0.1, 0.15) is 5.57 Å². The molecule has 2 aromatic rings. The maximum atomic E-state index is 12.4. The second-order valence-electron chi connectivity index (χ2n) is 7.02. The number of carbonyl (C=O) groups is 1. The topological polar surface area (TPSA) is 46.5 Å². The molecule has 1 aliphatic heterocycles. The van der Waals surface area contributed by atoms with E-state index in [2.05, 4.69) is 0 Å². The minimum Gasteiger partial charge on any atom is -0.507 e. The van der Waals surface area contributed by atoms with E-state index >= 15 is 0 Å². The van der Waals surface area contributed by atoms with Crippen molar-refractivity contribution in [3.05, 3.63) is 63.4 Å². The van der Waals surface area contributed by atoms with Gasteiger partial charge in [-0.25, -0.2) is 4.79 Å². The van der Waals surface area contributed by atoms with E-state index in [1.165, 1.54) is 0 Å².